The monoisotopic (exact) mass is 435 g/mol. The number of nitrogens with zero attached hydrogens (tertiary/aromatic N) is 3. The summed E-state index contributed by atoms with van der Waals surface area (Å²) in [6.07, 6.45) is 4.31. The molecule has 0 aliphatic carbocycles. The molecule has 0 spiro atoms. The molecule has 7 nitrogen and oxygen atoms in total. The molecule has 1 aliphatic heterocycles. The Kier molecular flexibility index (Phi) is 6.72. The minimum atomic E-state index is -1.15. The fourth-order valence-electron chi connectivity index (χ4n) is 3.62. The number of halogens is 1. The summed E-state index contributed by atoms with van der Waals surface area (Å²) in [6.45, 7) is 3.70. The highest BCUT2D eigenvalue weighted by atomic mass is 19.1. The first-order valence-corrected chi connectivity index (χ1v) is 10.6. The van der Waals surface area contributed by atoms with Gasteiger partial charge in [0.25, 0.3) is 0 Å². The zero-order valence-electron chi connectivity index (χ0n) is 17.8. The van der Waals surface area contributed by atoms with Crippen LogP contribution in [0.4, 0.5) is 10.2 Å². The Balaban J connectivity index is 1.76. The Morgan fingerprint density at radius 2 is 1.97 bits per heavy atom. The number of nitrogens with two attached hydrogens (primary N) is 1. The van der Waals surface area contributed by atoms with Crippen molar-refractivity contribution in [3.8, 4) is 5.75 Å². The molecule has 4 N–H and O–H groups in total. The Labute approximate surface area is 185 Å². The first-order chi connectivity index (χ1) is 15.5. The van der Waals surface area contributed by atoms with Gasteiger partial charge >= 0.3 is 0 Å². The summed E-state index contributed by atoms with van der Waals surface area (Å²) < 4.78 is 19.5. The molecule has 1 fully saturated rings. The number of hydrogen-bond acceptors (Lipinski definition) is 6. The molecule has 4 rings (SSSR count). The van der Waals surface area contributed by atoms with Gasteiger partial charge in [0.2, 0.25) is 0 Å². The summed E-state index contributed by atoms with van der Waals surface area (Å²) >= 11 is 0. The van der Waals surface area contributed by atoms with Crippen LogP contribution in [-0.2, 0) is 0 Å². The maximum Gasteiger partial charge on any atom is 0.165 e. The standard InChI is InChI=1S/C24H26FN5O2/c1-2-3-21(26)29-23-19-9-8-18(32-17-10-12-27-13-11-17)14-20(19)28-24(30-23)22(31)15-4-6-16(25)7-5-15/h2-9,14,17,22,27,31H,10-13H2,1H3,(H2,26,28,29,30). The van der Waals surface area contributed by atoms with Gasteiger partial charge in [-0.2, -0.15) is 0 Å². The lowest BCUT2D eigenvalue weighted by atomic mass is 10.1. The van der Waals surface area contributed by atoms with Crippen LogP contribution < -0.4 is 15.8 Å². The number of nitrogens with one attached hydrogen (secondary N) is 1. The summed E-state index contributed by atoms with van der Waals surface area (Å²) in [7, 11) is 0. The fraction of sp³-hybridized carbons (Fsp3) is 0.292. The first kappa shape index (κ1) is 21.9. The summed E-state index contributed by atoms with van der Waals surface area (Å²) in [5.74, 6) is 1.08. The molecule has 1 aromatic heterocycles. The van der Waals surface area contributed by atoms with E-state index in [9.17, 15) is 9.50 Å². The zero-order chi connectivity index (χ0) is 22.5. The lowest BCUT2D eigenvalue weighted by molar-refractivity contribution is 0.162. The van der Waals surface area contributed by atoms with Gasteiger partial charge in [-0.3, -0.25) is 0 Å². The molecule has 166 valence electrons. The molecule has 2 heterocycles. The number of aliphatic imine (C=N–C) groups is 1. The number of hydrogen-bond donors (Lipinski definition) is 3. The molecule has 0 saturated carbocycles. The fourth-order valence-corrected chi connectivity index (χ4v) is 3.62. The molecule has 0 amide bonds. The average Bonchev–Trinajstić information content (AvgIpc) is 2.79. The number of allylic oxidation sites excluding steroid dienone is 1. The summed E-state index contributed by atoms with van der Waals surface area (Å²) in [4.78, 5) is 13.4. The van der Waals surface area contributed by atoms with Gasteiger partial charge in [0.05, 0.1) is 5.52 Å². The molecular weight excluding hydrogens is 409 g/mol. The molecule has 1 unspecified atom stereocenters. The second kappa shape index (κ2) is 9.84. The minimum Gasteiger partial charge on any atom is -0.490 e. The van der Waals surface area contributed by atoms with Crippen molar-refractivity contribution in [2.75, 3.05) is 13.1 Å². The van der Waals surface area contributed by atoms with Crippen molar-refractivity contribution in [3.05, 3.63) is 71.8 Å². The highest BCUT2D eigenvalue weighted by Gasteiger charge is 2.19. The lowest BCUT2D eigenvalue weighted by Gasteiger charge is -2.24. The number of benzene rings is 2. The van der Waals surface area contributed by atoms with E-state index < -0.39 is 6.10 Å². The number of amidine groups is 1. The van der Waals surface area contributed by atoms with E-state index in [1.165, 1.54) is 24.3 Å². The molecule has 1 aliphatic rings. The van der Waals surface area contributed by atoms with E-state index in [0.717, 1.165) is 25.9 Å². The average molecular weight is 436 g/mol. The van der Waals surface area contributed by atoms with Gasteiger partial charge in [0.15, 0.2) is 11.6 Å². The third kappa shape index (κ3) is 5.09. The van der Waals surface area contributed by atoms with Crippen molar-refractivity contribution in [1.29, 1.82) is 0 Å². The van der Waals surface area contributed by atoms with Crippen LogP contribution in [0.1, 0.15) is 37.3 Å². The van der Waals surface area contributed by atoms with Crippen molar-refractivity contribution in [2.24, 2.45) is 10.7 Å². The summed E-state index contributed by atoms with van der Waals surface area (Å²) in [5, 5.41) is 14.9. The second-order valence-corrected chi connectivity index (χ2v) is 7.64. The van der Waals surface area contributed by atoms with Gasteiger partial charge in [-0.1, -0.05) is 18.2 Å². The molecule has 0 bridgehead atoms. The second-order valence-electron chi connectivity index (χ2n) is 7.64. The first-order valence-electron chi connectivity index (χ1n) is 10.6. The summed E-state index contributed by atoms with van der Waals surface area (Å²) in [6, 6.07) is 11.1. The van der Waals surface area contributed by atoms with Gasteiger partial charge in [-0.15, -0.1) is 0 Å². The van der Waals surface area contributed by atoms with Crippen LogP contribution in [0.25, 0.3) is 10.9 Å². The van der Waals surface area contributed by atoms with Crippen LogP contribution in [0.3, 0.4) is 0 Å². The predicted molar refractivity (Wildman–Crippen MR) is 123 cm³/mol. The molecule has 3 aromatic rings. The van der Waals surface area contributed by atoms with Crippen LogP contribution in [0, 0.1) is 5.82 Å². The topological polar surface area (TPSA) is 106 Å². The van der Waals surface area contributed by atoms with Gasteiger partial charge < -0.3 is 20.9 Å². The maximum atomic E-state index is 13.3. The van der Waals surface area contributed by atoms with Crippen LogP contribution in [-0.4, -0.2) is 40.1 Å². The van der Waals surface area contributed by atoms with Gasteiger partial charge in [-0.25, -0.2) is 19.4 Å². The predicted octanol–water partition coefficient (Wildman–Crippen LogP) is 3.55. The molecule has 8 heteroatoms. The van der Waals surface area contributed by atoms with Gasteiger partial charge in [0.1, 0.15) is 29.6 Å². The smallest absolute Gasteiger partial charge is 0.165 e. The van der Waals surface area contributed by atoms with Gasteiger partial charge in [0, 0.05) is 11.5 Å². The highest BCUT2D eigenvalue weighted by Crippen LogP contribution is 2.30. The van der Waals surface area contributed by atoms with Crippen LogP contribution >= 0.6 is 0 Å². The lowest BCUT2D eigenvalue weighted by Crippen LogP contribution is -2.34. The third-order valence-corrected chi connectivity index (χ3v) is 5.26. The van der Waals surface area contributed by atoms with Crippen molar-refractivity contribution in [1.82, 2.24) is 15.3 Å². The van der Waals surface area contributed by atoms with Crippen molar-refractivity contribution < 1.29 is 14.2 Å². The van der Waals surface area contributed by atoms with E-state index in [1.807, 2.05) is 25.1 Å². The number of rotatable bonds is 6. The Bertz CT molecular complexity index is 1140. The Morgan fingerprint density at radius 3 is 2.69 bits per heavy atom. The normalized spacial score (nSPS) is 16.5. The molecule has 0 radical (unpaired) electrons. The molecular formula is C24H26FN5O2. The molecule has 32 heavy (non-hydrogen) atoms. The van der Waals surface area contributed by atoms with E-state index in [1.54, 1.807) is 12.2 Å². The van der Waals surface area contributed by atoms with Crippen molar-refractivity contribution in [2.45, 2.75) is 32.0 Å². The van der Waals surface area contributed by atoms with Gasteiger partial charge in [-0.05, 0) is 68.8 Å². The van der Waals surface area contributed by atoms with E-state index >= 15 is 0 Å². The number of aromatic nitrogens is 2. The van der Waals surface area contributed by atoms with E-state index in [-0.39, 0.29) is 23.6 Å². The largest absolute Gasteiger partial charge is 0.490 e. The van der Waals surface area contributed by atoms with E-state index in [0.29, 0.717) is 28.0 Å². The Morgan fingerprint density at radius 1 is 1.22 bits per heavy atom. The van der Waals surface area contributed by atoms with E-state index in [4.69, 9.17) is 10.5 Å². The van der Waals surface area contributed by atoms with Crippen LogP contribution in [0.2, 0.25) is 0 Å². The molecule has 1 atom stereocenters. The molecule has 1 saturated heterocycles. The SMILES string of the molecule is CC=CC(N)=Nc1nc(C(O)c2ccc(F)cc2)nc2cc(OC3CCNCC3)ccc12. The van der Waals surface area contributed by atoms with E-state index in [2.05, 4.69) is 20.3 Å². The summed E-state index contributed by atoms with van der Waals surface area (Å²) in [5.41, 5.74) is 7.04. The maximum absolute atomic E-state index is 13.3. The third-order valence-electron chi connectivity index (χ3n) is 5.26. The number of fused-ring (bicyclic) bond motifs is 1. The van der Waals surface area contributed by atoms with Crippen molar-refractivity contribution >= 4 is 22.6 Å². The van der Waals surface area contributed by atoms with Crippen LogP contribution in [0.5, 0.6) is 5.75 Å². The highest BCUT2D eigenvalue weighted by molar-refractivity contribution is 5.97. The minimum absolute atomic E-state index is 0.141. The molecule has 2 aromatic carbocycles. The number of ether oxygens (including phenoxy) is 1. The zero-order valence-corrected chi connectivity index (χ0v) is 17.8. The quantitative estimate of drug-likeness (QED) is 0.404. The van der Waals surface area contributed by atoms with Crippen LogP contribution in [0.15, 0.2) is 59.6 Å². The number of aliphatic hydroxyl groups excluding tert-OH is 1. The number of aliphatic hydroxyl groups is 1. The number of piperidine rings is 1. The van der Waals surface area contributed by atoms with Crippen molar-refractivity contribution in [3.63, 3.8) is 0 Å². The Hall–Kier alpha value is -3.36.